The Morgan fingerprint density at radius 1 is 1.31 bits per heavy atom. The van der Waals surface area contributed by atoms with Crippen LogP contribution >= 0.6 is 11.8 Å². The molecule has 2 aliphatic heterocycles. The molecule has 3 heterocycles. The molecule has 0 aliphatic carbocycles. The van der Waals surface area contributed by atoms with Crippen LogP contribution in [0.2, 0.25) is 0 Å². The Labute approximate surface area is 156 Å². The molecule has 1 aromatic carbocycles. The third kappa shape index (κ3) is 3.29. The standard InChI is InChI=1S/C17H19N5O2S2/c1-11-4-3-5-13(10-11)17-19-18-15-8-7-14(20-22(15)17)21-26(23,24)16-9-6-12(2)25-16/h3-8,10,14,16,20-21H,9H2,1-2H3. The number of allylic oxidation sites excluding steroid dienone is 2. The van der Waals surface area contributed by atoms with Crippen LogP contribution in [-0.2, 0) is 10.0 Å². The van der Waals surface area contributed by atoms with Gasteiger partial charge in [0.05, 0.1) is 0 Å². The Morgan fingerprint density at radius 2 is 2.15 bits per heavy atom. The van der Waals surface area contributed by atoms with Crippen molar-refractivity contribution in [3.63, 3.8) is 0 Å². The van der Waals surface area contributed by atoms with Gasteiger partial charge in [-0.15, -0.1) is 22.0 Å². The van der Waals surface area contributed by atoms with Gasteiger partial charge in [-0.1, -0.05) is 29.8 Å². The van der Waals surface area contributed by atoms with Gasteiger partial charge in [-0.25, -0.2) is 13.1 Å². The monoisotopic (exact) mass is 389 g/mol. The molecule has 26 heavy (non-hydrogen) atoms. The number of fused-ring (bicyclic) bond motifs is 1. The van der Waals surface area contributed by atoms with Crippen molar-refractivity contribution < 1.29 is 8.42 Å². The number of thioether (sulfide) groups is 1. The summed E-state index contributed by atoms with van der Waals surface area (Å²) in [5.74, 6) is 1.27. The molecule has 0 amide bonds. The van der Waals surface area contributed by atoms with Crippen LogP contribution in [0.25, 0.3) is 17.5 Å². The SMILES string of the molecule is CC1=CCC(S(=O)(=O)NC2C=Cc3nnc(-c4cccc(C)c4)n3N2)S1. The number of rotatable bonds is 4. The van der Waals surface area contributed by atoms with Crippen molar-refractivity contribution in [1.29, 1.82) is 0 Å². The first kappa shape index (κ1) is 17.3. The predicted octanol–water partition coefficient (Wildman–Crippen LogP) is 2.44. The molecule has 4 rings (SSSR count). The quantitative estimate of drug-likeness (QED) is 0.835. The van der Waals surface area contributed by atoms with Crippen molar-refractivity contribution in [3.8, 4) is 11.4 Å². The number of hydrogen-bond acceptors (Lipinski definition) is 6. The van der Waals surface area contributed by atoms with Crippen molar-refractivity contribution >= 4 is 27.9 Å². The summed E-state index contributed by atoms with van der Waals surface area (Å²) in [5.41, 5.74) is 5.17. The molecule has 0 saturated heterocycles. The normalized spacial score (nSPS) is 22.0. The molecular weight excluding hydrogens is 370 g/mol. The lowest BCUT2D eigenvalue weighted by atomic mass is 10.1. The predicted molar refractivity (Wildman–Crippen MR) is 104 cm³/mol. The third-order valence-corrected chi connectivity index (χ3v) is 7.73. The van der Waals surface area contributed by atoms with E-state index in [0.717, 1.165) is 16.0 Å². The maximum absolute atomic E-state index is 12.6. The highest BCUT2D eigenvalue weighted by molar-refractivity contribution is 8.15. The van der Waals surface area contributed by atoms with Crippen LogP contribution in [0.1, 0.15) is 24.7 Å². The van der Waals surface area contributed by atoms with Crippen LogP contribution in [0.5, 0.6) is 0 Å². The minimum absolute atomic E-state index is 0.490. The van der Waals surface area contributed by atoms with E-state index in [2.05, 4.69) is 20.3 Å². The Kier molecular flexibility index (Phi) is 4.37. The second kappa shape index (κ2) is 6.57. The molecule has 0 radical (unpaired) electrons. The van der Waals surface area contributed by atoms with E-state index in [-0.39, 0.29) is 0 Å². The van der Waals surface area contributed by atoms with Crippen molar-refractivity contribution in [2.75, 3.05) is 5.43 Å². The second-order valence-electron chi connectivity index (χ2n) is 6.31. The average molecular weight is 390 g/mol. The summed E-state index contributed by atoms with van der Waals surface area (Å²) in [4.78, 5) is 1.04. The van der Waals surface area contributed by atoms with Gasteiger partial charge in [-0.3, -0.25) is 0 Å². The highest BCUT2D eigenvalue weighted by Crippen LogP contribution is 2.34. The van der Waals surface area contributed by atoms with E-state index in [0.29, 0.717) is 18.1 Å². The Morgan fingerprint density at radius 3 is 2.88 bits per heavy atom. The summed E-state index contributed by atoms with van der Waals surface area (Å²) in [7, 11) is -3.47. The molecule has 2 atom stereocenters. The summed E-state index contributed by atoms with van der Waals surface area (Å²) < 4.78 is 29.2. The number of benzene rings is 1. The smallest absolute Gasteiger partial charge is 0.226 e. The molecule has 136 valence electrons. The van der Waals surface area contributed by atoms with E-state index < -0.39 is 20.8 Å². The lowest BCUT2D eigenvalue weighted by molar-refractivity contribution is 0.566. The highest BCUT2D eigenvalue weighted by Gasteiger charge is 2.32. The Balaban J connectivity index is 1.56. The van der Waals surface area contributed by atoms with Crippen LogP contribution < -0.4 is 10.1 Å². The van der Waals surface area contributed by atoms with Gasteiger partial charge < -0.3 is 5.43 Å². The summed E-state index contributed by atoms with van der Waals surface area (Å²) in [6, 6.07) is 7.93. The summed E-state index contributed by atoms with van der Waals surface area (Å²) in [5, 5.41) is 8.39. The Bertz CT molecular complexity index is 1010. The Hall–Kier alpha value is -2.10. The van der Waals surface area contributed by atoms with Crippen LogP contribution in [-0.4, -0.2) is 34.0 Å². The van der Waals surface area contributed by atoms with E-state index in [4.69, 9.17) is 0 Å². The zero-order valence-electron chi connectivity index (χ0n) is 14.4. The maximum atomic E-state index is 12.6. The van der Waals surface area contributed by atoms with Crippen LogP contribution in [0, 0.1) is 6.92 Å². The van der Waals surface area contributed by atoms with Gasteiger partial charge in [0.15, 0.2) is 11.6 Å². The summed E-state index contributed by atoms with van der Waals surface area (Å²) in [6.45, 7) is 3.94. The molecule has 1 aromatic heterocycles. The van der Waals surface area contributed by atoms with Gasteiger partial charge >= 0.3 is 0 Å². The maximum Gasteiger partial charge on any atom is 0.226 e. The van der Waals surface area contributed by atoms with Crippen LogP contribution in [0.4, 0.5) is 0 Å². The molecular formula is C17H19N5O2S2. The first-order valence-corrected chi connectivity index (χ1v) is 10.7. The van der Waals surface area contributed by atoms with Crippen LogP contribution in [0.3, 0.4) is 0 Å². The van der Waals surface area contributed by atoms with Gasteiger partial charge in [-0.2, -0.15) is 4.72 Å². The minimum atomic E-state index is -3.47. The number of aromatic nitrogens is 3. The number of hydrogen-bond donors (Lipinski definition) is 2. The molecule has 0 spiro atoms. The number of aryl methyl sites for hydroxylation is 1. The second-order valence-corrected chi connectivity index (χ2v) is 9.96. The van der Waals surface area contributed by atoms with Gasteiger partial charge in [0.2, 0.25) is 10.0 Å². The van der Waals surface area contributed by atoms with Gasteiger partial charge in [0.25, 0.3) is 0 Å². The van der Waals surface area contributed by atoms with Gasteiger partial charge in [0.1, 0.15) is 10.7 Å². The average Bonchev–Trinajstić information content (AvgIpc) is 3.21. The molecule has 0 saturated carbocycles. The molecule has 0 fully saturated rings. The van der Waals surface area contributed by atoms with Crippen LogP contribution in [0.15, 0.2) is 41.3 Å². The molecule has 9 heteroatoms. The lowest BCUT2D eigenvalue weighted by Crippen LogP contribution is -2.46. The zero-order chi connectivity index (χ0) is 18.3. The lowest BCUT2D eigenvalue weighted by Gasteiger charge is -2.24. The van der Waals surface area contributed by atoms with Gasteiger partial charge in [-0.05, 0) is 43.4 Å². The largest absolute Gasteiger partial charge is 0.300 e. The topological polar surface area (TPSA) is 88.9 Å². The fourth-order valence-electron chi connectivity index (χ4n) is 2.94. The van der Waals surface area contributed by atoms with Gasteiger partial charge in [0, 0.05) is 5.56 Å². The first-order chi connectivity index (χ1) is 12.4. The molecule has 0 bridgehead atoms. The number of nitrogens with zero attached hydrogens (tertiary/aromatic N) is 3. The van der Waals surface area contributed by atoms with Crippen molar-refractivity contribution in [3.05, 3.63) is 52.7 Å². The van der Waals surface area contributed by atoms with Crippen molar-refractivity contribution in [1.82, 2.24) is 19.6 Å². The van der Waals surface area contributed by atoms with E-state index in [1.54, 1.807) is 16.8 Å². The molecule has 7 nitrogen and oxygen atoms in total. The minimum Gasteiger partial charge on any atom is -0.300 e. The fourth-order valence-corrected chi connectivity index (χ4v) is 5.86. The zero-order valence-corrected chi connectivity index (χ0v) is 16.0. The van der Waals surface area contributed by atoms with E-state index in [9.17, 15) is 8.42 Å². The molecule has 2 unspecified atom stereocenters. The van der Waals surface area contributed by atoms with Crippen molar-refractivity contribution in [2.24, 2.45) is 0 Å². The number of sulfonamides is 1. The third-order valence-electron chi connectivity index (χ3n) is 4.22. The molecule has 2 N–H and O–H groups in total. The summed E-state index contributed by atoms with van der Waals surface area (Å²) in [6.07, 6.45) is 5.41. The van der Waals surface area contributed by atoms with E-state index in [1.807, 2.05) is 44.2 Å². The number of nitrogens with one attached hydrogen (secondary N) is 2. The molecule has 2 aromatic rings. The van der Waals surface area contributed by atoms with E-state index in [1.165, 1.54) is 11.8 Å². The highest BCUT2D eigenvalue weighted by atomic mass is 32.3. The van der Waals surface area contributed by atoms with E-state index >= 15 is 0 Å². The fraction of sp³-hybridized carbons (Fsp3) is 0.294. The summed E-state index contributed by atoms with van der Waals surface area (Å²) >= 11 is 1.38. The molecule has 2 aliphatic rings. The van der Waals surface area contributed by atoms with Crippen molar-refractivity contribution in [2.45, 2.75) is 31.0 Å². The first-order valence-electron chi connectivity index (χ1n) is 8.24.